The van der Waals surface area contributed by atoms with Crippen molar-refractivity contribution in [2.24, 2.45) is 0 Å². The number of anilines is 1. The number of rotatable bonds is 4. The van der Waals surface area contributed by atoms with E-state index in [0.29, 0.717) is 22.1 Å². The minimum atomic E-state index is -0.326. The van der Waals surface area contributed by atoms with Crippen LogP contribution in [0.2, 0.25) is 0 Å². The molecule has 0 atom stereocenters. The standard InChI is InChI=1S/C19H13FN4OS/c20-14-6-4-5-13(9-14)16-11-26-19(22-16)23-18(25)17-10-21-12-24(17)15-7-2-1-3-8-15/h1-12H,(H,22,23,25). The number of aromatic nitrogens is 3. The summed E-state index contributed by atoms with van der Waals surface area (Å²) < 4.78 is 15.1. The van der Waals surface area contributed by atoms with Crippen molar-refractivity contribution in [1.29, 1.82) is 0 Å². The maximum atomic E-state index is 13.4. The SMILES string of the molecule is O=C(Nc1nc(-c2cccc(F)c2)cs1)c1cncn1-c1ccccc1. The molecule has 7 heteroatoms. The van der Waals surface area contributed by atoms with Gasteiger partial charge in [0, 0.05) is 16.6 Å². The summed E-state index contributed by atoms with van der Waals surface area (Å²) in [4.78, 5) is 21.0. The first-order chi connectivity index (χ1) is 12.7. The van der Waals surface area contributed by atoms with Crippen molar-refractivity contribution < 1.29 is 9.18 Å². The quantitative estimate of drug-likeness (QED) is 0.584. The Balaban J connectivity index is 1.56. The monoisotopic (exact) mass is 364 g/mol. The lowest BCUT2D eigenvalue weighted by molar-refractivity contribution is 0.102. The minimum absolute atomic E-state index is 0.313. The van der Waals surface area contributed by atoms with E-state index in [1.165, 1.54) is 29.7 Å². The van der Waals surface area contributed by atoms with Gasteiger partial charge in [0.05, 0.1) is 18.2 Å². The Labute approximate surface area is 152 Å². The molecule has 128 valence electrons. The summed E-state index contributed by atoms with van der Waals surface area (Å²) in [6.07, 6.45) is 3.09. The van der Waals surface area contributed by atoms with Crippen LogP contribution in [0.4, 0.5) is 9.52 Å². The number of hydrogen-bond donors (Lipinski definition) is 1. The lowest BCUT2D eigenvalue weighted by Gasteiger charge is -2.07. The maximum Gasteiger partial charge on any atom is 0.276 e. The zero-order valence-electron chi connectivity index (χ0n) is 13.5. The van der Waals surface area contributed by atoms with E-state index < -0.39 is 0 Å². The molecule has 0 aliphatic heterocycles. The van der Waals surface area contributed by atoms with Gasteiger partial charge in [-0.05, 0) is 24.3 Å². The van der Waals surface area contributed by atoms with Crippen molar-refractivity contribution >= 4 is 22.4 Å². The van der Waals surface area contributed by atoms with Crippen LogP contribution in [-0.2, 0) is 0 Å². The number of carbonyl (C=O) groups is 1. The van der Waals surface area contributed by atoms with E-state index in [4.69, 9.17) is 0 Å². The van der Waals surface area contributed by atoms with Crippen LogP contribution in [0.3, 0.4) is 0 Å². The fourth-order valence-corrected chi connectivity index (χ4v) is 3.24. The Morgan fingerprint density at radius 2 is 1.96 bits per heavy atom. The molecule has 0 aliphatic carbocycles. The van der Waals surface area contributed by atoms with Crippen molar-refractivity contribution in [2.75, 3.05) is 5.32 Å². The van der Waals surface area contributed by atoms with Gasteiger partial charge in [-0.15, -0.1) is 11.3 Å². The predicted octanol–water partition coefficient (Wildman–Crippen LogP) is 4.39. The third-order valence-corrected chi connectivity index (χ3v) is 4.51. The second kappa shape index (κ2) is 6.89. The molecule has 0 bridgehead atoms. The summed E-state index contributed by atoms with van der Waals surface area (Å²) in [6.45, 7) is 0. The zero-order chi connectivity index (χ0) is 17.9. The molecule has 0 radical (unpaired) electrons. The van der Waals surface area contributed by atoms with E-state index in [0.717, 1.165) is 5.69 Å². The van der Waals surface area contributed by atoms with Crippen molar-refractivity contribution in [1.82, 2.24) is 14.5 Å². The van der Waals surface area contributed by atoms with Gasteiger partial charge in [0.15, 0.2) is 5.13 Å². The zero-order valence-corrected chi connectivity index (χ0v) is 14.3. The van der Waals surface area contributed by atoms with Crippen molar-refractivity contribution in [3.05, 3.63) is 84.0 Å². The first kappa shape index (κ1) is 16.2. The van der Waals surface area contributed by atoms with Crippen molar-refractivity contribution in [3.63, 3.8) is 0 Å². The molecule has 0 saturated heterocycles. The third kappa shape index (κ3) is 3.25. The average Bonchev–Trinajstić information content (AvgIpc) is 3.32. The molecule has 5 nitrogen and oxygen atoms in total. The number of carbonyl (C=O) groups excluding carboxylic acids is 1. The van der Waals surface area contributed by atoms with Crippen molar-refractivity contribution in [3.8, 4) is 16.9 Å². The van der Waals surface area contributed by atoms with E-state index in [1.54, 1.807) is 28.4 Å². The van der Waals surface area contributed by atoms with Gasteiger partial charge in [-0.25, -0.2) is 14.4 Å². The fraction of sp³-hybridized carbons (Fsp3) is 0. The number of halogens is 1. The highest BCUT2D eigenvalue weighted by molar-refractivity contribution is 7.14. The van der Waals surface area contributed by atoms with Crippen LogP contribution >= 0.6 is 11.3 Å². The highest BCUT2D eigenvalue weighted by Crippen LogP contribution is 2.25. The summed E-state index contributed by atoms with van der Waals surface area (Å²) in [5.41, 5.74) is 2.52. The number of benzene rings is 2. The molecule has 1 N–H and O–H groups in total. The Morgan fingerprint density at radius 3 is 2.77 bits per heavy atom. The van der Waals surface area contributed by atoms with Gasteiger partial charge in [0.25, 0.3) is 5.91 Å². The molecule has 2 heterocycles. The molecule has 2 aromatic carbocycles. The van der Waals surface area contributed by atoms with Crippen LogP contribution in [0.1, 0.15) is 10.5 Å². The molecule has 0 spiro atoms. The van der Waals surface area contributed by atoms with Crippen LogP contribution in [0, 0.1) is 5.82 Å². The smallest absolute Gasteiger partial charge is 0.276 e. The number of para-hydroxylation sites is 1. The fourth-order valence-electron chi connectivity index (χ4n) is 2.53. The first-order valence-electron chi connectivity index (χ1n) is 7.81. The van der Waals surface area contributed by atoms with E-state index in [2.05, 4.69) is 15.3 Å². The van der Waals surface area contributed by atoms with Crippen LogP contribution in [0.15, 0.2) is 72.5 Å². The molecule has 26 heavy (non-hydrogen) atoms. The Morgan fingerprint density at radius 1 is 1.12 bits per heavy atom. The summed E-state index contributed by atoms with van der Waals surface area (Å²) in [6, 6.07) is 15.7. The largest absolute Gasteiger partial charge is 0.296 e. The van der Waals surface area contributed by atoms with Crippen molar-refractivity contribution in [2.45, 2.75) is 0 Å². The van der Waals surface area contributed by atoms with E-state index in [9.17, 15) is 9.18 Å². The number of nitrogens with zero attached hydrogens (tertiary/aromatic N) is 3. The Hall–Kier alpha value is -3.32. The molecule has 0 fully saturated rings. The van der Waals surface area contributed by atoms with E-state index in [1.807, 2.05) is 30.3 Å². The number of amides is 1. The second-order valence-electron chi connectivity index (χ2n) is 5.49. The lowest BCUT2D eigenvalue weighted by Crippen LogP contribution is -2.15. The Bertz CT molecular complexity index is 1060. The van der Waals surface area contributed by atoms with Gasteiger partial charge in [-0.2, -0.15) is 0 Å². The highest BCUT2D eigenvalue weighted by Gasteiger charge is 2.15. The number of hydrogen-bond acceptors (Lipinski definition) is 4. The third-order valence-electron chi connectivity index (χ3n) is 3.75. The molecular weight excluding hydrogens is 351 g/mol. The topological polar surface area (TPSA) is 59.8 Å². The lowest BCUT2D eigenvalue weighted by atomic mass is 10.2. The van der Waals surface area contributed by atoms with E-state index >= 15 is 0 Å². The van der Waals surface area contributed by atoms with Gasteiger partial charge in [0.2, 0.25) is 0 Å². The molecular formula is C19H13FN4OS. The summed E-state index contributed by atoms with van der Waals surface area (Å²) >= 11 is 1.28. The number of thiazole rings is 1. The molecule has 1 amide bonds. The van der Waals surface area contributed by atoms with Crippen LogP contribution in [0.5, 0.6) is 0 Å². The minimum Gasteiger partial charge on any atom is -0.296 e. The normalized spacial score (nSPS) is 10.7. The summed E-state index contributed by atoms with van der Waals surface area (Å²) in [7, 11) is 0. The van der Waals surface area contributed by atoms with Crippen LogP contribution in [0.25, 0.3) is 16.9 Å². The molecule has 4 rings (SSSR count). The summed E-state index contributed by atoms with van der Waals surface area (Å²) in [5.74, 6) is -0.639. The molecule has 2 aromatic heterocycles. The van der Waals surface area contributed by atoms with Crippen LogP contribution in [-0.4, -0.2) is 20.4 Å². The van der Waals surface area contributed by atoms with Gasteiger partial charge >= 0.3 is 0 Å². The molecule has 0 aliphatic rings. The Kier molecular flexibility index (Phi) is 4.28. The first-order valence-corrected chi connectivity index (χ1v) is 8.69. The van der Waals surface area contributed by atoms with Crippen LogP contribution < -0.4 is 5.32 Å². The van der Waals surface area contributed by atoms with E-state index in [-0.39, 0.29) is 11.7 Å². The summed E-state index contributed by atoms with van der Waals surface area (Å²) in [5, 5.41) is 4.99. The highest BCUT2D eigenvalue weighted by atomic mass is 32.1. The van der Waals surface area contributed by atoms with Gasteiger partial charge in [-0.3, -0.25) is 14.7 Å². The molecule has 0 saturated carbocycles. The average molecular weight is 364 g/mol. The predicted molar refractivity (Wildman–Crippen MR) is 99.0 cm³/mol. The van der Waals surface area contributed by atoms with Gasteiger partial charge < -0.3 is 0 Å². The van der Waals surface area contributed by atoms with Gasteiger partial charge in [0.1, 0.15) is 11.5 Å². The molecule has 0 unspecified atom stereocenters. The van der Waals surface area contributed by atoms with Gasteiger partial charge in [-0.1, -0.05) is 30.3 Å². The molecule has 4 aromatic rings. The maximum absolute atomic E-state index is 13.4. The number of nitrogens with one attached hydrogen (secondary N) is 1. The second-order valence-corrected chi connectivity index (χ2v) is 6.34. The number of imidazole rings is 1.